The molecule has 212 valence electrons. The highest BCUT2D eigenvalue weighted by Gasteiger charge is 2.31. The molecular formula is C29H42N6O4. The minimum atomic E-state index is -0.358. The van der Waals surface area contributed by atoms with Gasteiger partial charge in [-0.2, -0.15) is 0 Å². The van der Waals surface area contributed by atoms with Crippen LogP contribution in [0.3, 0.4) is 0 Å². The van der Waals surface area contributed by atoms with E-state index in [4.69, 9.17) is 9.72 Å². The fourth-order valence-corrected chi connectivity index (χ4v) is 5.84. The average molecular weight is 539 g/mol. The van der Waals surface area contributed by atoms with E-state index in [1.165, 1.54) is 7.11 Å². The Morgan fingerprint density at radius 3 is 2.72 bits per heavy atom. The van der Waals surface area contributed by atoms with Crippen molar-refractivity contribution in [2.24, 2.45) is 0 Å². The molecule has 1 saturated heterocycles. The minimum absolute atomic E-state index is 0. The lowest BCUT2D eigenvalue weighted by molar-refractivity contribution is -0.119. The maximum atomic E-state index is 12.6. The number of amides is 2. The summed E-state index contributed by atoms with van der Waals surface area (Å²) < 4.78 is 9.05. The van der Waals surface area contributed by atoms with Gasteiger partial charge in [0.1, 0.15) is 5.82 Å². The molecule has 4 heterocycles. The van der Waals surface area contributed by atoms with Gasteiger partial charge in [0.25, 0.3) is 5.56 Å². The topological polar surface area (TPSA) is 102 Å². The molecule has 0 saturated carbocycles. The standard InChI is InChI=1S/C28H36N6O4.CH4.H2/c1-19-7-8-22-23(34(19)28(37)38-3)9-10-24-27(22)30-25(12-15-32-13-5-4-6-26(32)36)33(24)17-16-31-14-11-21(18-31)29-20(2)35;;/h4-6,9-10,13,19,21H,7-8,11-12,14-18H2,1-3H3,(H,29,35);1H4;1H/t19-,21+;;/m0../s1. The summed E-state index contributed by atoms with van der Waals surface area (Å²) in [5.74, 6) is 0.931. The molecule has 5 rings (SSSR count). The fraction of sp³-hybridized carbons (Fsp3) is 0.517. The highest BCUT2D eigenvalue weighted by molar-refractivity contribution is 5.95. The maximum absolute atomic E-state index is 12.6. The Labute approximate surface area is 231 Å². The molecule has 2 atom stereocenters. The Morgan fingerprint density at radius 2 is 1.97 bits per heavy atom. The molecule has 2 aliphatic rings. The molecule has 2 aliphatic heterocycles. The lowest BCUT2D eigenvalue weighted by atomic mass is 9.96. The van der Waals surface area contributed by atoms with Crippen molar-refractivity contribution < 1.29 is 15.8 Å². The number of methoxy groups -OCH3 is 1. The van der Waals surface area contributed by atoms with Crippen molar-refractivity contribution in [2.45, 2.75) is 72.1 Å². The Morgan fingerprint density at radius 1 is 1.15 bits per heavy atom. The van der Waals surface area contributed by atoms with E-state index in [0.29, 0.717) is 13.0 Å². The van der Waals surface area contributed by atoms with Gasteiger partial charge in [0.15, 0.2) is 0 Å². The summed E-state index contributed by atoms with van der Waals surface area (Å²) in [6.07, 6.45) is 4.67. The lowest BCUT2D eigenvalue weighted by Crippen LogP contribution is -2.42. The number of benzene rings is 1. The number of carbonyl (C=O) groups is 2. The zero-order valence-corrected chi connectivity index (χ0v) is 22.4. The van der Waals surface area contributed by atoms with E-state index in [0.717, 1.165) is 73.6 Å². The van der Waals surface area contributed by atoms with Gasteiger partial charge in [-0.25, -0.2) is 9.78 Å². The van der Waals surface area contributed by atoms with E-state index >= 15 is 0 Å². The van der Waals surface area contributed by atoms with Gasteiger partial charge in [-0.1, -0.05) is 13.5 Å². The molecule has 10 nitrogen and oxygen atoms in total. The summed E-state index contributed by atoms with van der Waals surface area (Å²) in [5, 5.41) is 3.03. The van der Waals surface area contributed by atoms with Crippen molar-refractivity contribution in [3.63, 3.8) is 0 Å². The number of nitrogens with zero attached hydrogens (tertiary/aromatic N) is 5. The smallest absolute Gasteiger partial charge is 0.414 e. The largest absolute Gasteiger partial charge is 0.452 e. The van der Waals surface area contributed by atoms with Crippen molar-refractivity contribution in [3.8, 4) is 0 Å². The number of hydrogen-bond acceptors (Lipinski definition) is 6. The van der Waals surface area contributed by atoms with E-state index in [2.05, 4.69) is 20.9 Å². The summed E-state index contributed by atoms with van der Waals surface area (Å²) in [7, 11) is 1.41. The summed E-state index contributed by atoms with van der Waals surface area (Å²) >= 11 is 0. The van der Waals surface area contributed by atoms with Crippen molar-refractivity contribution in [1.29, 1.82) is 0 Å². The number of aromatic nitrogens is 3. The highest BCUT2D eigenvalue weighted by Crippen LogP contribution is 2.36. The third-order valence-corrected chi connectivity index (χ3v) is 7.76. The monoisotopic (exact) mass is 538 g/mol. The van der Waals surface area contributed by atoms with Crippen molar-refractivity contribution in [1.82, 2.24) is 24.3 Å². The molecule has 1 fully saturated rings. The molecule has 0 radical (unpaired) electrons. The van der Waals surface area contributed by atoms with E-state index in [-0.39, 0.29) is 38.5 Å². The minimum Gasteiger partial charge on any atom is -0.452 e. The summed E-state index contributed by atoms with van der Waals surface area (Å²) in [5.41, 5.74) is 3.84. The normalized spacial score (nSPS) is 19.0. The summed E-state index contributed by atoms with van der Waals surface area (Å²) in [4.78, 5) is 45.6. The van der Waals surface area contributed by atoms with Crippen LogP contribution in [0.25, 0.3) is 11.0 Å². The first-order valence-electron chi connectivity index (χ1n) is 13.4. The number of ether oxygens (including phenoxy) is 1. The quantitative estimate of drug-likeness (QED) is 0.495. The zero-order chi connectivity index (χ0) is 26.8. The average Bonchev–Trinajstić information content (AvgIpc) is 3.49. The molecule has 3 aromatic rings. The fourth-order valence-electron chi connectivity index (χ4n) is 5.84. The third kappa shape index (κ3) is 5.85. The maximum Gasteiger partial charge on any atom is 0.414 e. The number of pyridine rings is 1. The highest BCUT2D eigenvalue weighted by atomic mass is 16.5. The van der Waals surface area contributed by atoms with Crippen molar-refractivity contribution >= 4 is 28.7 Å². The number of rotatable bonds is 7. The predicted octanol–water partition coefficient (Wildman–Crippen LogP) is 3.44. The summed E-state index contributed by atoms with van der Waals surface area (Å²) in [6.45, 7) is 7.49. The second-order valence-electron chi connectivity index (χ2n) is 10.3. The number of fused-ring (bicyclic) bond motifs is 3. The molecular weight excluding hydrogens is 496 g/mol. The van der Waals surface area contributed by atoms with Gasteiger partial charge >= 0.3 is 6.09 Å². The van der Waals surface area contributed by atoms with Crippen molar-refractivity contribution in [3.05, 3.63) is 58.3 Å². The number of anilines is 1. The van der Waals surface area contributed by atoms with E-state index < -0.39 is 0 Å². The molecule has 10 heteroatoms. The number of hydrogen-bond donors (Lipinski definition) is 1. The lowest BCUT2D eigenvalue weighted by Gasteiger charge is -2.34. The van der Waals surface area contributed by atoms with Crippen molar-refractivity contribution in [2.75, 3.05) is 31.6 Å². The predicted molar refractivity (Wildman–Crippen MR) is 154 cm³/mol. The van der Waals surface area contributed by atoms with Gasteiger partial charge in [-0.05, 0) is 44.4 Å². The zero-order valence-electron chi connectivity index (χ0n) is 22.4. The first kappa shape index (κ1) is 28.4. The first-order valence-corrected chi connectivity index (χ1v) is 13.4. The van der Waals surface area contributed by atoms with E-state index in [1.54, 1.807) is 34.7 Å². The van der Waals surface area contributed by atoms with Gasteiger partial charge in [0, 0.05) is 77.4 Å². The number of likely N-dealkylation sites (tertiary alicyclic amines) is 1. The molecule has 0 aliphatic carbocycles. The summed E-state index contributed by atoms with van der Waals surface area (Å²) in [6, 6.07) is 9.48. The molecule has 1 aromatic carbocycles. The van der Waals surface area contributed by atoms with Crippen LogP contribution in [0.2, 0.25) is 0 Å². The Hall–Kier alpha value is -3.66. The van der Waals surface area contributed by atoms with Gasteiger partial charge in [-0.3, -0.25) is 19.4 Å². The van der Waals surface area contributed by atoms with Crippen LogP contribution in [-0.2, 0) is 35.5 Å². The molecule has 0 bridgehead atoms. The number of nitrogens with one attached hydrogen (secondary N) is 1. The van der Waals surface area contributed by atoms with Gasteiger partial charge in [0.05, 0.1) is 23.8 Å². The second kappa shape index (κ2) is 12.0. The number of aryl methyl sites for hydroxylation is 3. The molecule has 39 heavy (non-hydrogen) atoms. The third-order valence-electron chi connectivity index (χ3n) is 7.76. The van der Waals surface area contributed by atoms with Gasteiger partial charge in [-0.15, -0.1) is 0 Å². The molecule has 2 amide bonds. The second-order valence-corrected chi connectivity index (χ2v) is 10.3. The van der Waals surface area contributed by atoms with Crippen LogP contribution in [0, 0.1) is 0 Å². The van der Waals surface area contributed by atoms with Crippen LogP contribution in [-0.4, -0.2) is 69.8 Å². The van der Waals surface area contributed by atoms with Crippen LogP contribution in [0.5, 0.6) is 0 Å². The molecule has 1 N–H and O–H groups in total. The Bertz CT molecular complexity index is 1400. The van der Waals surface area contributed by atoms with Crippen LogP contribution in [0.1, 0.15) is 46.9 Å². The SMILES string of the molecule is C.COC(=O)N1c2ccc3c(nc(CCn4ccccc4=O)n3CCN3CC[C@@H](NC(C)=O)C3)c2CC[C@@H]1C.[HH]. The van der Waals surface area contributed by atoms with E-state index in [9.17, 15) is 14.4 Å². The van der Waals surface area contributed by atoms with Crippen LogP contribution >= 0.6 is 0 Å². The van der Waals surface area contributed by atoms with Gasteiger partial charge < -0.3 is 19.2 Å². The van der Waals surface area contributed by atoms with Crippen LogP contribution in [0.15, 0.2) is 41.3 Å². The van der Waals surface area contributed by atoms with E-state index in [1.807, 2.05) is 19.1 Å². The number of imidazole rings is 1. The Balaban J connectivity index is 0.00000220. The molecule has 2 aromatic heterocycles. The van der Waals surface area contributed by atoms with Gasteiger partial charge in [0.2, 0.25) is 5.91 Å². The first-order chi connectivity index (χ1) is 18.4. The van der Waals surface area contributed by atoms with Crippen LogP contribution in [0.4, 0.5) is 10.5 Å². The number of carbonyl (C=O) groups excluding carboxylic acids is 2. The molecule has 0 spiro atoms. The van der Waals surface area contributed by atoms with Crippen LogP contribution < -0.4 is 15.8 Å². The Kier molecular flexibility index (Phi) is 8.74. The molecule has 0 unspecified atom stereocenters.